The van der Waals surface area contributed by atoms with Gasteiger partial charge in [0.15, 0.2) is 0 Å². The molecule has 0 saturated carbocycles. The van der Waals surface area contributed by atoms with Crippen molar-refractivity contribution in [3.05, 3.63) is 28.0 Å². The van der Waals surface area contributed by atoms with E-state index in [1.54, 1.807) is 7.11 Å². The largest absolute Gasteiger partial charge is 0.380 e. The third kappa shape index (κ3) is 3.52. The highest BCUT2D eigenvalue weighted by atomic mass is 35.5. The van der Waals surface area contributed by atoms with Crippen molar-refractivity contribution in [3.63, 3.8) is 0 Å². The highest BCUT2D eigenvalue weighted by molar-refractivity contribution is 6.39. The van der Waals surface area contributed by atoms with E-state index in [0.717, 1.165) is 0 Å². The van der Waals surface area contributed by atoms with Crippen molar-refractivity contribution in [1.82, 2.24) is 0 Å². The van der Waals surface area contributed by atoms with E-state index in [2.05, 4.69) is 5.32 Å². The predicted octanol–water partition coefficient (Wildman–Crippen LogP) is 3.58. The monoisotopic (exact) mass is 251 g/mol. The van der Waals surface area contributed by atoms with Crippen molar-refractivity contribution < 1.29 is 9.13 Å². The van der Waals surface area contributed by atoms with Gasteiger partial charge < -0.3 is 10.1 Å². The lowest BCUT2D eigenvalue weighted by Crippen LogP contribution is -2.18. The minimum absolute atomic E-state index is 0.0298. The molecule has 0 amide bonds. The van der Waals surface area contributed by atoms with E-state index in [0.29, 0.717) is 12.2 Å². The van der Waals surface area contributed by atoms with Gasteiger partial charge in [0.05, 0.1) is 21.8 Å². The summed E-state index contributed by atoms with van der Waals surface area (Å²) in [6.45, 7) is 2.46. The zero-order valence-corrected chi connectivity index (χ0v) is 9.99. The highest BCUT2D eigenvalue weighted by Gasteiger charge is 2.09. The molecule has 1 N–H and O–H groups in total. The number of benzene rings is 1. The van der Waals surface area contributed by atoms with Gasteiger partial charge in [-0.25, -0.2) is 4.39 Å². The van der Waals surface area contributed by atoms with Crippen LogP contribution in [-0.4, -0.2) is 19.8 Å². The van der Waals surface area contributed by atoms with Crippen LogP contribution in [-0.2, 0) is 4.74 Å². The van der Waals surface area contributed by atoms with E-state index < -0.39 is 5.82 Å². The number of hydrogen-bond donors (Lipinski definition) is 1. The van der Waals surface area contributed by atoms with E-state index in [9.17, 15) is 4.39 Å². The van der Waals surface area contributed by atoms with Crippen LogP contribution in [0.2, 0.25) is 10.0 Å². The summed E-state index contributed by atoms with van der Waals surface area (Å²) in [7, 11) is 1.61. The van der Waals surface area contributed by atoms with Crippen molar-refractivity contribution in [3.8, 4) is 0 Å². The molecule has 1 atom stereocenters. The average Bonchev–Trinajstić information content (AvgIpc) is 2.15. The first kappa shape index (κ1) is 12.6. The van der Waals surface area contributed by atoms with Crippen LogP contribution in [0, 0.1) is 5.82 Å². The van der Waals surface area contributed by atoms with Gasteiger partial charge in [-0.2, -0.15) is 0 Å². The number of rotatable bonds is 4. The summed E-state index contributed by atoms with van der Waals surface area (Å²) in [6.07, 6.45) is 0.0298. The maximum atomic E-state index is 12.9. The van der Waals surface area contributed by atoms with Gasteiger partial charge in [0.2, 0.25) is 0 Å². The number of halogens is 3. The number of ether oxygens (including phenoxy) is 1. The van der Waals surface area contributed by atoms with Gasteiger partial charge in [-0.15, -0.1) is 0 Å². The zero-order valence-electron chi connectivity index (χ0n) is 8.48. The molecule has 2 nitrogen and oxygen atoms in total. The molecular formula is C10H12Cl2FNO. The van der Waals surface area contributed by atoms with Crippen LogP contribution in [0.15, 0.2) is 12.1 Å². The second-order valence-electron chi connectivity index (χ2n) is 3.17. The highest BCUT2D eigenvalue weighted by Crippen LogP contribution is 2.31. The number of hydrogen-bond acceptors (Lipinski definition) is 2. The maximum Gasteiger partial charge on any atom is 0.126 e. The van der Waals surface area contributed by atoms with E-state index in [4.69, 9.17) is 27.9 Å². The van der Waals surface area contributed by atoms with Crippen LogP contribution in [0.5, 0.6) is 0 Å². The van der Waals surface area contributed by atoms with Crippen LogP contribution in [0.3, 0.4) is 0 Å². The summed E-state index contributed by atoms with van der Waals surface area (Å²) in [5.41, 5.74) is 0.531. The van der Waals surface area contributed by atoms with Crippen molar-refractivity contribution in [2.45, 2.75) is 13.0 Å². The molecule has 0 radical (unpaired) electrons. The fourth-order valence-electron chi connectivity index (χ4n) is 1.04. The fourth-order valence-corrected chi connectivity index (χ4v) is 1.63. The molecule has 1 rings (SSSR count). The average molecular weight is 252 g/mol. The lowest BCUT2D eigenvalue weighted by atomic mass is 10.3. The standard InChI is InChI=1S/C10H12Cl2FNO/c1-6(15-2)5-14-10-8(11)3-7(13)4-9(10)12/h3-4,6,14H,5H2,1-2H3. The minimum Gasteiger partial charge on any atom is -0.380 e. The molecule has 0 heterocycles. The van der Waals surface area contributed by atoms with E-state index in [1.165, 1.54) is 12.1 Å². The number of anilines is 1. The Balaban J connectivity index is 2.77. The van der Waals surface area contributed by atoms with Crippen LogP contribution >= 0.6 is 23.2 Å². The molecule has 0 spiro atoms. The minimum atomic E-state index is -0.449. The summed E-state index contributed by atoms with van der Waals surface area (Å²) in [6, 6.07) is 2.43. The molecule has 0 fully saturated rings. The molecule has 1 unspecified atom stereocenters. The molecule has 15 heavy (non-hydrogen) atoms. The summed E-state index contributed by atoms with van der Waals surface area (Å²) in [4.78, 5) is 0. The fraction of sp³-hybridized carbons (Fsp3) is 0.400. The van der Waals surface area contributed by atoms with Crippen LogP contribution in [0.25, 0.3) is 0 Å². The Labute approximate surface area is 98.3 Å². The molecule has 0 aliphatic carbocycles. The Kier molecular flexibility index (Phi) is 4.64. The van der Waals surface area contributed by atoms with Crippen molar-refractivity contribution in [2.24, 2.45) is 0 Å². The van der Waals surface area contributed by atoms with Gasteiger partial charge in [-0.05, 0) is 19.1 Å². The molecule has 0 aromatic heterocycles. The predicted molar refractivity (Wildman–Crippen MR) is 61.4 cm³/mol. The van der Waals surface area contributed by atoms with Crippen LogP contribution in [0.1, 0.15) is 6.92 Å². The summed E-state index contributed by atoms with van der Waals surface area (Å²) in [5, 5.41) is 3.54. The first-order valence-electron chi connectivity index (χ1n) is 4.45. The van der Waals surface area contributed by atoms with E-state index >= 15 is 0 Å². The molecule has 1 aromatic carbocycles. The summed E-state index contributed by atoms with van der Waals surface area (Å²) >= 11 is 11.7. The quantitative estimate of drug-likeness (QED) is 0.884. The first-order valence-corrected chi connectivity index (χ1v) is 5.21. The maximum absolute atomic E-state index is 12.9. The summed E-state index contributed by atoms with van der Waals surface area (Å²) < 4.78 is 17.9. The second-order valence-corrected chi connectivity index (χ2v) is 3.99. The Morgan fingerprint density at radius 2 is 1.93 bits per heavy atom. The van der Waals surface area contributed by atoms with Crippen molar-refractivity contribution in [2.75, 3.05) is 19.0 Å². The lowest BCUT2D eigenvalue weighted by Gasteiger charge is -2.14. The summed E-state index contributed by atoms with van der Waals surface area (Å²) in [5.74, 6) is -0.449. The number of methoxy groups -OCH3 is 1. The molecule has 0 aliphatic heterocycles. The van der Waals surface area contributed by atoms with Crippen LogP contribution in [0.4, 0.5) is 10.1 Å². The molecule has 84 valence electrons. The van der Waals surface area contributed by atoms with Gasteiger partial charge in [-0.1, -0.05) is 23.2 Å². The number of nitrogens with one attached hydrogen (secondary N) is 1. The Morgan fingerprint density at radius 3 is 2.40 bits per heavy atom. The second kappa shape index (κ2) is 5.54. The molecule has 0 aliphatic rings. The lowest BCUT2D eigenvalue weighted by molar-refractivity contribution is 0.129. The zero-order chi connectivity index (χ0) is 11.4. The molecule has 1 aromatic rings. The molecule has 0 bridgehead atoms. The molecule has 0 saturated heterocycles. The topological polar surface area (TPSA) is 21.3 Å². The van der Waals surface area contributed by atoms with Crippen molar-refractivity contribution >= 4 is 28.9 Å². The Bertz CT molecular complexity index is 323. The Hall–Kier alpha value is -0.510. The van der Waals surface area contributed by atoms with E-state index in [-0.39, 0.29) is 16.1 Å². The molecular weight excluding hydrogens is 240 g/mol. The first-order chi connectivity index (χ1) is 7.04. The molecule has 5 heteroatoms. The third-order valence-corrected chi connectivity index (χ3v) is 2.57. The van der Waals surface area contributed by atoms with Crippen LogP contribution < -0.4 is 5.32 Å². The smallest absolute Gasteiger partial charge is 0.126 e. The van der Waals surface area contributed by atoms with Gasteiger partial charge >= 0.3 is 0 Å². The Morgan fingerprint density at radius 1 is 1.40 bits per heavy atom. The third-order valence-electron chi connectivity index (χ3n) is 1.98. The SMILES string of the molecule is COC(C)CNc1c(Cl)cc(F)cc1Cl. The van der Waals surface area contributed by atoms with Gasteiger partial charge in [0.25, 0.3) is 0 Å². The van der Waals surface area contributed by atoms with Gasteiger partial charge in [0.1, 0.15) is 5.82 Å². The van der Waals surface area contributed by atoms with Crippen molar-refractivity contribution in [1.29, 1.82) is 0 Å². The van der Waals surface area contributed by atoms with E-state index in [1.807, 2.05) is 6.92 Å². The van der Waals surface area contributed by atoms with Gasteiger partial charge in [-0.3, -0.25) is 0 Å². The normalized spacial score (nSPS) is 12.6. The van der Waals surface area contributed by atoms with Gasteiger partial charge in [0, 0.05) is 13.7 Å².